The predicted molar refractivity (Wildman–Crippen MR) is 114 cm³/mol. The Morgan fingerprint density at radius 1 is 0.900 bits per heavy atom. The summed E-state index contributed by atoms with van der Waals surface area (Å²) in [6.45, 7) is 0.394. The van der Waals surface area contributed by atoms with Gasteiger partial charge in [-0.05, 0) is 54.1 Å². The van der Waals surface area contributed by atoms with Crippen molar-refractivity contribution in [2.45, 2.75) is 6.54 Å². The van der Waals surface area contributed by atoms with E-state index in [2.05, 4.69) is 20.8 Å². The second-order valence-corrected chi connectivity index (χ2v) is 6.51. The highest BCUT2D eigenvalue weighted by molar-refractivity contribution is 5.89. The van der Waals surface area contributed by atoms with Crippen molar-refractivity contribution in [2.24, 2.45) is 0 Å². The molecule has 2 N–H and O–H groups in total. The zero-order valence-corrected chi connectivity index (χ0v) is 16.3. The van der Waals surface area contributed by atoms with Crippen molar-refractivity contribution in [1.29, 1.82) is 0 Å². The van der Waals surface area contributed by atoms with E-state index in [1.165, 1.54) is 0 Å². The highest BCUT2D eigenvalue weighted by atomic mass is 16.5. The number of rotatable bonds is 6. The summed E-state index contributed by atoms with van der Waals surface area (Å²) in [5, 5.41) is 13.8. The summed E-state index contributed by atoms with van der Waals surface area (Å²) in [5.41, 5.74) is 3.24. The van der Waals surface area contributed by atoms with Crippen LogP contribution in [0.2, 0.25) is 0 Å². The maximum Gasteiger partial charge on any atom is 0.319 e. The number of carbonyl (C=O) groups excluding carboxylic acids is 1. The summed E-state index contributed by atoms with van der Waals surface area (Å²) in [4.78, 5) is 12.2. The number of methoxy groups -OCH3 is 1. The van der Waals surface area contributed by atoms with Gasteiger partial charge in [-0.2, -0.15) is 0 Å². The number of ether oxygens (including phenoxy) is 1. The predicted octanol–water partition coefficient (Wildman–Crippen LogP) is 4.73. The van der Waals surface area contributed by atoms with Crippen molar-refractivity contribution in [3.63, 3.8) is 0 Å². The molecule has 0 aliphatic heterocycles. The number of nitrogens with one attached hydrogen (secondary N) is 2. The Balaban J connectivity index is 1.35. The van der Waals surface area contributed by atoms with Gasteiger partial charge in [-0.3, -0.25) is 0 Å². The molecule has 3 aromatic carbocycles. The van der Waals surface area contributed by atoms with E-state index in [1.54, 1.807) is 19.2 Å². The van der Waals surface area contributed by atoms with Crippen LogP contribution in [-0.2, 0) is 6.54 Å². The molecule has 0 saturated carbocycles. The fourth-order valence-corrected chi connectivity index (χ4v) is 2.87. The smallest absolute Gasteiger partial charge is 0.319 e. The maximum absolute atomic E-state index is 12.2. The molecule has 0 bridgehead atoms. The second kappa shape index (κ2) is 8.91. The van der Waals surface area contributed by atoms with Crippen molar-refractivity contribution >= 4 is 11.7 Å². The third kappa shape index (κ3) is 4.64. The Bertz CT molecular complexity index is 1120. The fourth-order valence-electron chi connectivity index (χ4n) is 2.87. The maximum atomic E-state index is 12.2. The number of hydrogen-bond acceptors (Lipinski definition) is 5. The molecule has 1 aromatic heterocycles. The van der Waals surface area contributed by atoms with E-state index >= 15 is 0 Å². The van der Waals surface area contributed by atoms with Gasteiger partial charge < -0.3 is 19.8 Å². The van der Waals surface area contributed by atoms with Gasteiger partial charge >= 0.3 is 6.03 Å². The average Bonchev–Trinajstić information content (AvgIpc) is 3.29. The lowest BCUT2D eigenvalue weighted by Gasteiger charge is -2.09. The minimum atomic E-state index is -0.297. The summed E-state index contributed by atoms with van der Waals surface area (Å²) in [5.74, 6) is 1.63. The SMILES string of the molecule is COc1cccc(CNC(=O)Nc2ccc(-c3nnc(-c4ccccc4)o3)cc2)c1. The summed E-state index contributed by atoms with van der Waals surface area (Å²) < 4.78 is 10.9. The van der Waals surface area contributed by atoms with E-state index in [9.17, 15) is 4.79 Å². The van der Waals surface area contributed by atoms with Gasteiger partial charge in [0.2, 0.25) is 11.8 Å². The van der Waals surface area contributed by atoms with Crippen LogP contribution < -0.4 is 15.4 Å². The summed E-state index contributed by atoms with van der Waals surface area (Å²) in [6, 6.07) is 24.0. The van der Waals surface area contributed by atoms with Crippen LogP contribution in [0.3, 0.4) is 0 Å². The van der Waals surface area contributed by atoms with Crippen LogP contribution in [0, 0.1) is 0 Å². The van der Waals surface area contributed by atoms with Crippen molar-refractivity contribution in [2.75, 3.05) is 12.4 Å². The van der Waals surface area contributed by atoms with E-state index < -0.39 is 0 Å². The number of carbonyl (C=O) groups is 1. The number of benzene rings is 3. The number of anilines is 1. The molecule has 7 nitrogen and oxygen atoms in total. The molecule has 0 aliphatic carbocycles. The molecule has 0 unspecified atom stereocenters. The number of nitrogens with zero attached hydrogens (tertiary/aromatic N) is 2. The van der Waals surface area contributed by atoms with Crippen molar-refractivity contribution in [1.82, 2.24) is 15.5 Å². The van der Waals surface area contributed by atoms with Gasteiger partial charge in [0, 0.05) is 23.4 Å². The minimum Gasteiger partial charge on any atom is -0.497 e. The lowest BCUT2D eigenvalue weighted by Crippen LogP contribution is -2.28. The lowest BCUT2D eigenvalue weighted by molar-refractivity contribution is 0.251. The normalized spacial score (nSPS) is 10.4. The molecule has 0 spiro atoms. The molecular formula is C23H20N4O3. The zero-order valence-electron chi connectivity index (χ0n) is 16.3. The van der Waals surface area contributed by atoms with Crippen LogP contribution in [-0.4, -0.2) is 23.3 Å². The van der Waals surface area contributed by atoms with Crippen LogP contribution in [0.4, 0.5) is 10.5 Å². The standard InChI is InChI=1S/C23H20N4O3/c1-29-20-9-5-6-16(14-20)15-24-23(28)25-19-12-10-18(11-13-19)22-27-26-21(30-22)17-7-3-2-4-8-17/h2-14H,15H2,1H3,(H2,24,25,28). The molecule has 2 amide bonds. The van der Waals surface area contributed by atoms with E-state index in [0.29, 0.717) is 24.0 Å². The highest BCUT2D eigenvalue weighted by Gasteiger charge is 2.10. The molecule has 7 heteroatoms. The van der Waals surface area contributed by atoms with Gasteiger partial charge in [0.25, 0.3) is 0 Å². The van der Waals surface area contributed by atoms with E-state index in [0.717, 1.165) is 22.4 Å². The molecule has 30 heavy (non-hydrogen) atoms. The molecular weight excluding hydrogens is 380 g/mol. The van der Waals surface area contributed by atoms with E-state index in [-0.39, 0.29) is 6.03 Å². The first-order chi connectivity index (χ1) is 14.7. The van der Waals surface area contributed by atoms with Crippen LogP contribution in [0.15, 0.2) is 83.3 Å². The first kappa shape index (κ1) is 19.2. The number of amides is 2. The van der Waals surface area contributed by atoms with Gasteiger partial charge in [-0.15, -0.1) is 10.2 Å². The number of aromatic nitrogens is 2. The van der Waals surface area contributed by atoms with Crippen molar-refractivity contribution in [3.8, 4) is 28.7 Å². The van der Waals surface area contributed by atoms with Crippen LogP contribution >= 0.6 is 0 Å². The largest absolute Gasteiger partial charge is 0.497 e. The summed E-state index contributed by atoms with van der Waals surface area (Å²) >= 11 is 0. The summed E-state index contributed by atoms with van der Waals surface area (Å²) in [7, 11) is 1.61. The molecule has 1 heterocycles. The molecule has 0 radical (unpaired) electrons. The van der Waals surface area contributed by atoms with Gasteiger partial charge in [-0.1, -0.05) is 30.3 Å². The van der Waals surface area contributed by atoms with Gasteiger partial charge in [0.1, 0.15) is 5.75 Å². The zero-order chi connectivity index (χ0) is 20.8. The van der Waals surface area contributed by atoms with Crippen molar-refractivity contribution in [3.05, 3.63) is 84.4 Å². The Kier molecular flexibility index (Phi) is 5.70. The molecule has 4 rings (SSSR count). The molecule has 0 atom stereocenters. The Morgan fingerprint density at radius 3 is 2.30 bits per heavy atom. The lowest BCUT2D eigenvalue weighted by atomic mass is 10.2. The second-order valence-electron chi connectivity index (χ2n) is 6.51. The highest BCUT2D eigenvalue weighted by Crippen LogP contribution is 2.24. The Labute approximate surface area is 173 Å². The summed E-state index contributed by atoms with van der Waals surface area (Å²) in [6.07, 6.45) is 0. The molecule has 150 valence electrons. The molecule has 0 aliphatic rings. The molecule has 0 saturated heterocycles. The molecule has 4 aromatic rings. The quantitative estimate of drug-likeness (QED) is 0.488. The minimum absolute atomic E-state index is 0.297. The van der Waals surface area contributed by atoms with Crippen LogP contribution in [0.1, 0.15) is 5.56 Å². The van der Waals surface area contributed by atoms with E-state index in [4.69, 9.17) is 9.15 Å². The first-order valence-electron chi connectivity index (χ1n) is 9.38. The first-order valence-corrected chi connectivity index (χ1v) is 9.38. The fraction of sp³-hybridized carbons (Fsp3) is 0.0870. The van der Waals surface area contributed by atoms with E-state index in [1.807, 2.05) is 66.7 Å². The van der Waals surface area contributed by atoms with Gasteiger partial charge in [0.15, 0.2) is 0 Å². The molecule has 0 fully saturated rings. The van der Waals surface area contributed by atoms with Gasteiger partial charge in [-0.25, -0.2) is 4.79 Å². The number of hydrogen-bond donors (Lipinski definition) is 2. The topological polar surface area (TPSA) is 89.3 Å². The third-order valence-corrected chi connectivity index (χ3v) is 4.42. The average molecular weight is 400 g/mol. The Hall–Kier alpha value is -4.13. The third-order valence-electron chi connectivity index (χ3n) is 4.42. The van der Waals surface area contributed by atoms with Crippen LogP contribution in [0.25, 0.3) is 22.9 Å². The Morgan fingerprint density at radius 2 is 1.60 bits per heavy atom. The number of urea groups is 1. The monoisotopic (exact) mass is 400 g/mol. The van der Waals surface area contributed by atoms with Crippen LogP contribution in [0.5, 0.6) is 5.75 Å². The van der Waals surface area contributed by atoms with Crippen molar-refractivity contribution < 1.29 is 13.9 Å². The van der Waals surface area contributed by atoms with Gasteiger partial charge in [0.05, 0.1) is 7.11 Å².